The highest BCUT2D eigenvalue weighted by atomic mass is 15.0. The van der Waals surface area contributed by atoms with Crippen LogP contribution >= 0.6 is 0 Å². The molecule has 0 radical (unpaired) electrons. The van der Waals surface area contributed by atoms with Crippen molar-refractivity contribution in [1.29, 1.82) is 0 Å². The molecule has 0 amide bonds. The van der Waals surface area contributed by atoms with Gasteiger partial charge in [-0.1, -0.05) is 5.11 Å². The Morgan fingerprint density at radius 3 is 2.75 bits per heavy atom. The third-order valence-corrected chi connectivity index (χ3v) is 0.752. The van der Waals surface area contributed by atoms with Crippen molar-refractivity contribution in [2.24, 2.45) is 0 Å². The number of pyridine rings is 1. The summed E-state index contributed by atoms with van der Waals surface area (Å²) in [6, 6.07) is 5.12. The van der Waals surface area contributed by atoms with Gasteiger partial charge in [-0.05, 0) is 6.07 Å². The summed E-state index contributed by atoms with van der Waals surface area (Å²) in [5.41, 5.74) is 8.10. The Labute approximate surface area is 46.9 Å². The van der Waals surface area contributed by atoms with Crippen LogP contribution in [0.4, 0.5) is 5.82 Å². The van der Waals surface area contributed by atoms with Gasteiger partial charge in [0.05, 0.1) is 0 Å². The predicted molar refractivity (Wildman–Crippen MR) is 29.4 cm³/mol. The van der Waals surface area contributed by atoms with Crippen molar-refractivity contribution in [3.05, 3.63) is 29.9 Å². The minimum absolute atomic E-state index is 0.340. The smallest absolute Gasteiger partial charge is 0.354 e. The molecule has 0 aliphatic carbocycles. The van der Waals surface area contributed by atoms with Crippen molar-refractivity contribution in [3.8, 4) is 0 Å². The molecule has 0 bridgehead atoms. The molecule has 0 aliphatic rings. The Morgan fingerprint density at radius 2 is 2.38 bits per heavy atom. The standard InChI is InChI=1S/C5H4N3/c6-8-5-3-1-2-4-7-5/h1-4H/q+1. The van der Waals surface area contributed by atoms with Crippen molar-refractivity contribution in [1.82, 2.24) is 10.1 Å². The van der Waals surface area contributed by atoms with Gasteiger partial charge in [0.2, 0.25) is 0 Å². The monoisotopic (exact) mass is 106 g/mol. The first-order chi connectivity index (χ1) is 3.93. The molecular formula is C5H4N3+. The molecule has 3 nitrogen and oxygen atoms in total. The van der Waals surface area contributed by atoms with Crippen LogP contribution in [0.2, 0.25) is 0 Å². The van der Waals surface area contributed by atoms with Crippen molar-refractivity contribution < 1.29 is 0 Å². The molecule has 0 fully saturated rings. The number of rotatable bonds is 1. The van der Waals surface area contributed by atoms with E-state index in [2.05, 4.69) is 10.1 Å². The average Bonchev–Trinajstić information content (AvgIpc) is 1.90. The summed E-state index contributed by atoms with van der Waals surface area (Å²) in [4.78, 5) is 3.68. The van der Waals surface area contributed by atoms with Gasteiger partial charge >= 0.3 is 5.82 Å². The highest BCUT2D eigenvalue weighted by Crippen LogP contribution is 1.94. The van der Waals surface area contributed by atoms with E-state index in [0.717, 1.165) is 0 Å². The molecule has 1 rings (SSSR count). The van der Waals surface area contributed by atoms with E-state index >= 15 is 0 Å². The fourth-order valence-electron chi connectivity index (χ4n) is 0.413. The zero-order valence-corrected chi connectivity index (χ0v) is 4.15. The summed E-state index contributed by atoms with van der Waals surface area (Å²) in [6.07, 6.45) is 1.56. The van der Waals surface area contributed by atoms with Crippen LogP contribution in [0.3, 0.4) is 0 Å². The number of hydrogen-bond donors (Lipinski definition) is 0. The van der Waals surface area contributed by atoms with E-state index in [0.29, 0.717) is 5.82 Å². The van der Waals surface area contributed by atoms with E-state index in [1.54, 1.807) is 24.4 Å². The van der Waals surface area contributed by atoms with E-state index in [9.17, 15) is 0 Å². The van der Waals surface area contributed by atoms with Gasteiger partial charge in [-0.15, -0.1) is 0 Å². The summed E-state index contributed by atoms with van der Waals surface area (Å²) < 4.78 is 0. The van der Waals surface area contributed by atoms with E-state index in [4.69, 9.17) is 5.53 Å². The minimum Gasteiger partial charge on any atom is -0.354 e. The number of hydrogen-bond acceptors (Lipinski definition) is 2. The van der Waals surface area contributed by atoms with Crippen LogP contribution in [0, 0.1) is 0 Å². The van der Waals surface area contributed by atoms with E-state index < -0.39 is 0 Å². The maximum absolute atomic E-state index is 8.10. The lowest BCUT2D eigenvalue weighted by Gasteiger charge is -1.62. The Kier molecular flexibility index (Phi) is 1.26. The quantitative estimate of drug-likeness (QED) is 0.494. The summed E-state index contributed by atoms with van der Waals surface area (Å²) >= 11 is 0. The lowest BCUT2D eigenvalue weighted by Crippen LogP contribution is -1.75. The van der Waals surface area contributed by atoms with Crippen molar-refractivity contribution in [3.63, 3.8) is 0 Å². The highest BCUT2D eigenvalue weighted by Gasteiger charge is 2.07. The first-order valence-corrected chi connectivity index (χ1v) is 2.19. The molecule has 0 spiro atoms. The summed E-state index contributed by atoms with van der Waals surface area (Å²) in [5.74, 6) is 0.340. The van der Waals surface area contributed by atoms with Gasteiger partial charge in [-0.2, -0.15) is 0 Å². The van der Waals surface area contributed by atoms with E-state index in [1.807, 2.05) is 0 Å². The molecule has 0 N–H and O–H groups in total. The van der Waals surface area contributed by atoms with Crippen molar-refractivity contribution >= 4 is 5.82 Å². The third-order valence-electron chi connectivity index (χ3n) is 0.752. The van der Waals surface area contributed by atoms with Gasteiger partial charge in [0, 0.05) is 6.07 Å². The molecule has 0 saturated carbocycles. The van der Waals surface area contributed by atoms with Gasteiger partial charge in [0.15, 0.2) is 0 Å². The molecule has 0 saturated heterocycles. The zero-order chi connectivity index (χ0) is 5.82. The number of nitrogens with zero attached hydrogens (tertiary/aromatic N) is 3. The van der Waals surface area contributed by atoms with Crippen molar-refractivity contribution in [2.45, 2.75) is 0 Å². The van der Waals surface area contributed by atoms with E-state index in [1.165, 1.54) is 0 Å². The Hall–Kier alpha value is -1.34. The van der Waals surface area contributed by atoms with Crippen LogP contribution in [0.5, 0.6) is 0 Å². The van der Waals surface area contributed by atoms with Crippen LogP contribution < -0.4 is 5.11 Å². The molecule has 38 valence electrons. The van der Waals surface area contributed by atoms with Gasteiger partial charge in [-0.3, -0.25) is 0 Å². The predicted octanol–water partition coefficient (Wildman–Crippen LogP) is 1.07. The Morgan fingerprint density at radius 1 is 1.50 bits per heavy atom. The Balaban J connectivity index is 2.99. The first kappa shape index (κ1) is 4.81. The fourth-order valence-corrected chi connectivity index (χ4v) is 0.413. The molecule has 1 heterocycles. The summed E-state index contributed by atoms with van der Waals surface area (Å²) in [7, 11) is 0. The average molecular weight is 106 g/mol. The molecular weight excluding hydrogens is 102 g/mol. The molecule has 0 aromatic carbocycles. The van der Waals surface area contributed by atoms with Gasteiger partial charge < -0.3 is 5.53 Å². The molecule has 0 unspecified atom stereocenters. The largest absolute Gasteiger partial charge is 0.610 e. The molecule has 0 atom stereocenters. The normalized spacial score (nSPS) is 8.00. The lowest BCUT2D eigenvalue weighted by molar-refractivity contribution is 1.19. The van der Waals surface area contributed by atoms with Gasteiger partial charge in [0.25, 0.3) is 6.20 Å². The second-order valence-electron chi connectivity index (χ2n) is 1.29. The van der Waals surface area contributed by atoms with Crippen molar-refractivity contribution in [2.75, 3.05) is 0 Å². The van der Waals surface area contributed by atoms with Crippen LogP contribution in [0.25, 0.3) is 5.53 Å². The summed E-state index contributed by atoms with van der Waals surface area (Å²) in [5, 5.41) is 2.86. The molecule has 1 aromatic heterocycles. The van der Waals surface area contributed by atoms with Crippen LogP contribution in [0.15, 0.2) is 24.4 Å². The third kappa shape index (κ3) is 0.832. The topological polar surface area (TPSA) is 49.3 Å². The molecule has 0 aliphatic heterocycles. The zero-order valence-electron chi connectivity index (χ0n) is 4.15. The maximum Gasteiger partial charge on any atom is 0.610 e. The second kappa shape index (κ2) is 2.09. The van der Waals surface area contributed by atoms with Crippen LogP contribution in [0.1, 0.15) is 0 Å². The highest BCUT2D eigenvalue weighted by molar-refractivity contribution is 5.21. The van der Waals surface area contributed by atoms with Gasteiger partial charge in [0.1, 0.15) is 11.1 Å². The second-order valence-corrected chi connectivity index (χ2v) is 1.29. The van der Waals surface area contributed by atoms with Crippen LogP contribution in [-0.4, -0.2) is 4.98 Å². The SMILES string of the molecule is [N-]=[N+2]c1ccccn1. The number of aromatic nitrogens is 1. The summed E-state index contributed by atoms with van der Waals surface area (Å²) in [6.45, 7) is 0. The van der Waals surface area contributed by atoms with Crippen LogP contribution in [-0.2, 0) is 0 Å². The fraction of sp³-hybridized carbons (Fsp3) is 0. The molecule has 8 heavy (non-hydrogen) atoms. The van der Waals surface area contributed by atoms with E-state index in [-0.39, 0.29) is 0 Å². The molecule has 1 aromatic rings. The molecule has 3 heteroatoms. The Bertz CT molecular complexity index is 170. The van der Waals surface area contributed by atoms with Gasteiger partial charge in [-0.25, -0.2) is 0 Å². The first-order valence-electron chi connectivity index (χ1n) is 2.19. The lowest BCUT2D eigenvalue weighted by atomic mass is 10.5. The minimum atomic E-state index is 0.340. The maximum atomic E-state index is 8.10.